The van der Waals surface area contributed by atoms with Crippen molar-refractivity contribution < 1.29 is 4.79 Å². The SMILES string of the molecule is CCC(CC)C(C)NC(=O)[C@@H]1Cc2ccccc2CN1. The molecular weight excluding hydrogens is 248 g/mol. The van der Waals surface area contributed by atoms with Crippen LogP contribution >= 0.6 is 0 Å². The van der Waals surface area contributed by atoms with Crippen LogP contribution in [0.4, 0.5) is 0 Å². The first-order chi connectivity index (χ1) is 9.65. The predicted molar refractivity (Wildman–Crippen MR) is 82.5 cm³/mol. The lowest BCUT2D eigenvalue weighted by molar-refractivity contribution is -0.124. The smallest absolute Gasteiger partial charge is 0.237 e. The predicted octanol–water partition coefficient (Wildman–Crippen LogP) is 2.64. The normalized spacial score (nSPS) is 19.5. The fraction of sp³-hybridized carbons (Fsp3) is 0.588. The number of hydrogen-bond acceptors (Lipinski definition) is 2. The third-order valence-corrected chi connectivity index (χ3v) is 4.52. The first kappa shape index (κ1) is 15.0. The molecular formula is C17H26N2O. The van der Waals surface area contributed by atoms with Crippen LogP contribution in [-0.4, -0.2) is 18.0 Å². The van der Waals surface area contributed by atoms with Crippen LogP contribution in [0.3, 0.4) is 0 Å². The van der Waals surface area contributed by atoms with E-state index in [4.69, 9.17) is 0 Å². The highest BCUT2D eigenvalue weighted by molar-refractivity contribution is 5.82. The van der Waals surface area contributed by atoms with Crippen LogP contribution in [0.1, 0.15) is 44.7 Å². The summed E-state index contributed by atoms with van der Waals surface area (Å²) in [7, 11) is 0. The molecule has 3 heteroatoms. The Labute approximate surface area is 122 Å². The van der Waals surface area contributed by atoms with E-state index in [1.54, 1.807) is 0 Å². The molecule has 0 aliphatic carbocycles. The number of amides is 1. The maximum absolute atomic E-state index is 12.4. The van der Waals surface area contributed by atoms with E-state index in [0.29, 0.717) is 5.92 Å². The van der Waals surface area contributed by atoms with Crippen LogP contribution in [-0.2, 0) is 17.8 Å². The largest absolute Gasteiger partial charge is 0.352 e. The topological polar surface area (TPSA) is 41.1 Å². The Morgan fingerprint density at radius 2 is 1.95 bits per heavy atom. The van der Waals surface area contributed by atoms with Crippen molar-refractivity contribution in [1.29, 1.82) is 0 Å². The summed E-state index contributed by atoms with van der Waals surface area (Å²) in [4.78, 5) is 12.4. The molecule has 110 valence electrons. The molecule has 1 amide bonds. The lowest BCUT2D eigenvalue weighted by Gasteiger charge is -2.29. The molecule has 1 aromatic carbocycles. The number of nitrogens with one attached hydrogen (secondary N) is 2. The molecule has 1 aromatic rings. The minimum absolute atomic E-state index is 0.0956. The Kier molecular flexibility index (Phi) is 5.18. The van der Waals surface area contributed by atoms with Crippen molar-refractivity contribution in [2.75, 3.05) is 0 Å². The number of benzene rings is 1. The van der Waals surface area contributed by atoms with Crippen LogP contribution < -0.4 is 10.6 Å². The maximum Gasteiger partial charge on any atom is 0.237 e. The van der Waals surface area contributed by atoms with Gasteiger partial charge in [0.1, 0.15) is 0 Å². The van der Waals surface area contributed by atoms with Crippen LogP contribution in [0, 0.1) is 5.92 Å². The van der Waals surface area contributed by atoms with E-state index in [-0.39, 0.29) is 18.0 Å². The fourth-order valence-corrected chi connectivity index (χ4v) is 3.08. The van der Waals surface area contributed by atoms with Crippen molar-refractivity contribution in [3.8, 4) is 0 Å². The Morgan fingerprint density at radius 3 is 2.60 bits per heavy atom. The van der Waals surface area contributed by atoms with Gasteiger partial charge in [-0.2, -0.15) is 0 Å². The van der Waals surface area contributed by atoms with E-state index < -0.39 is 0 Å². The lowest BCUT2D eigenvalue weighted by atomic mass is 9.93. The van der Waals surface area contributed by atoms with Crippen molar-refractivity contribution in [1.82, 2.24) is 10.6 Å². The van der Waals surface area contributed by atoms with Gasteiger partial charge in [0.15, 0.2) is 0 Å². The second-order valence-corrected chi connectivity index (χ2v) is 5.78. The second kappa shape index (κ2) is 6.89. The van der Waals surface area contributed by atoms with Gasteiger partial charge >= 0.3 is 0 Å². The van der Waals surface area contributed by atoms with Crippen molar-refractivity contribution in [2.45, 2.75) is 58.7 Å². The summed E-state index contributed by atoms with van der Waals surface area (Å²) in [6, 6.07) is 8.50. The van der Waals surface area contributed by atoms with Gasteiger partial charge in [0.2, 0.25) is 5.91 Å². The monoisotopic (exact) mass is 274 g/mol. The zero-order valence-corrected chi connectivity index (χ0v) is 12.8. The zero-order chi connectivity index (χ0) is 14.5. The van der Waals surface area contributed by atoms with Gasteiger partial charge in [-0.25, -0.2) is 0 Å². The van der Waals surface area contributed by atoms with E-state index in [2.05, 4.69) is 49.6 Å². The van der Waals surface area contributed by atoms with E-state index >= 15 is 0 Å². The van der Waals surface area contributed by atoms with Crippen molar-refractivity contribution >= 4 is 5.91 Å². The van der Waals surface area contributed by atoms with E-state index in [0.717, 1.165) is 25.8 Å². The first-order valence-electron chi connectivity index (χ1n) is 7.76. The molecule has 1 heterocycles. The van der Waals surface area contributed by atoms with Gasteiger partial charge < -0.3 is 10.6 Å². The molecule has 1 aliphatic rings. The minimum Gasteiger partial charge on any atom is -0.352 e. The summed E-state index contributed by atoms with van der Waals surface area (Å²) in [6.45, 7) is 7.28. The van der Waals surface area contributed by atoms with Crippen molar-refractivity contribution in [2.24, 2.45) is 5.92 Å². The standard InChI is InChI=1S/C17H26N2O/c1-4-13(5-2)12(3)19-17(20)16-10-14-8-6-7-9-15(14)11-18-16/h6-9,12-13,16,18H,4-5,10-11H2,1-3H3,(H,19,20)/t12?,16-/m0/s1. The Morgan fingerprint density at radius 1 is 1.30 bits per heavy atom. The van der Waals surface area contributed by atoms with Gasteiger partial charge in [-0.3, -0.25) is 4.79 Å². The summed E-state index contributed by atoms with van der Waals surface area (Å²) in [5.74, 6) is 0.703. The summed E-state index contributed by atoms with van der Waals surface area (Å²) >= 11 is 0. The van der Waals surface area contributed by atoms with E-state index in [9.17, 15) is 4.79 Å². The quantitative estimate of drug-likeness (QED) is 0.866. The molecule has 2 rings (SSSR count). The van der Waals surface area contributed by atoms with Gasteiger partial charge in [0.05, 0.1) is 6.04 Å². The third-order valence-electron chi connectivity index (χ3n) is 4.52. The highest BCUT2D eigenvalue weighted by Crippen LogP contribution is 2.17. The average molecular weight is 274 g/mol. The zero-order valence-electron chi connectivity index (χ0n) is 12.8. The van der Waals surface area contributed by atoms with Crippen LogP contribution in [0.15, 0.2) is 24.3 Å². The number of carbonyl (C=O) groups excluding carboxylic acids is 1. The van der Waals surface area contributed by atoms with Gasteiger partial charge in [0.25, 0.3) is 0 Å². The number of rotatable bonds is 5. The van der Waals surface area contributed by atoms with Crippen LogP contribution in [0.25, 0.3) is 0 Å². The number of hydrogen-bond donors (Lipinski definition) is 2. The van der Waals surface area contributed by atoms with Crippen molar-refractivity contribution in [3.05, 3.63) is 35.4 Å². The van der Waals surface area contributed by atoms with Gasteiger partial charge in [-0.15, -0.1) is 0 Å². The molecule has 3 nitrogen and oxygen atoms in total. The lowest BCUT2D eigenvalue weighted by Crippen LogP contribution is -2.51. The molecule has 0 fully saturated rings. The number of fused-ring (bicyclic) bond motifs is 1. The molecule has 0 bridgehead atoms. The van der Waals surface area contributed by atoms with E-state index in [1.807, 2.05) is 6.07 Å². The Balaban J connectivity index is 1.95. The second-order valence-electron chi connectivity index (χ2n) is 5.78. The summed E-state index contributed by atoms with van der Waals surface area (Å²) in [5, 5.41) is 6.52. The summed E-state index contributed by atoms with van der Waals surface area (Å²) in [5.41, 5.74) is 2.60. The Hall–Kier alpha value is -1.35. The third kappa shape index (κ3) is 3.40. The van der Waals surface area contributed by atoms with Crippen molar-refractivity contribution in [3.63, 3.8) is 0 Å². The fourth-order valence-electron chi connectivity index (χ4n) is 3.08. The highest BCUT2D eigenvalue weighted by atomic mass is 16.2. The summed E-state index contributed by atoms with van der Waals surface area (Å²) in [6.07, 6.45) is 3.01. The molecule has 0 aromatic heterocycles. The minimum atomic E-state index is -0.0956. The van der Waals surface area contributed by atoms with Gasteiger partial charge in [-0.05, 0) is 30.4 Å². The molecule has 0 saturated carbocycles. The Bertz CT molecular complexity index is 454. The van der Waals surface area contributed by atoms with Gasteiger partial charge in [-0.1, -0.05) is 51.0 Å². The molecule has 20 heavy (non-hydrogen) atoms. The van der Waals surface area contributed by atoms with E-state index in [1.165, 1.54) is 11.1 Å². The molecule has 0 radical (unpaired) electrons. The summed E-state index contributed by atoms with van der Waals surface area (Å²) < 4.78 is 0. The van der Waals surface area contributed by atoms with Crippen LogP contribution in [0.5, 0.6) is 0 Å². The first-order valence-corrected chi connectivity index (χ1v) is 7.76. The molecule has 0 saturated heterocycles. The van der Waals surface area contributed by atoms with Crippen LogP contribution in [0.2, 0.25) is 0 Å². The molecule has 1 aliphatic heterocycles. The van der Waals surface area contributed by atoms with Gasteiger partial charge in [0, 0.05) is 12.6 Å². The molecule has 1 unspecified atom stereocenters. The maximum atomic E-state index is 12.4. The number of carbonyl (C=O) groups is 1. The highest BCUT2D eigenvalue weighted by Gasteiger charge is 2.26. The molecule has 2 atom stereocenters. The average Bonchev–Trinajstić information content (AvgIpc) is 2.48. The molecule has 2 N–H and O–H groups in total. The molecule has 0 spiro atoms.